The molecule has 0 radical (unpaired) electrons. The summed E-state index contributed by atoms with van der Waals surface area (Å²) < 4.78 is 0. The first-order chi connectivity index (χ1) is 13.1. The molecule has 2 aromatic carbocycles. The Bertz CT molecular complexity index is 840. The van der Waals surface area contributed by atoms with Gasteiger partial charge in [0.05, 0.1) is 4.92 Å². The molecule has 1 amide bonds. The van der Waals surface area contributed by atoms with Gasteiger partial charge in [0.25, 0.3) is 11.6 Å². The lowest BCUT2D eigenvalue weighted by Gasteiger charge is -2.32. The molecule has 0 aliphatic heterocycles. The molecule has 0 unspecified atom stereocenters. The number of likely N-dealkylation sites (N-methyl/N-ethyl adjacent to an activating group) is 1. The van der Waals surface area contributed by atoms with Crippen LogP contribution in [0.2, 0.25) is 0 Å². The van der Waals surface area contributed by atoms with Crippen LogP contribution in [0.4, 0.5) is 5.69 Å². The third-order valence-electron chi connectivity index (χ3n) is 5.15. The summed E-state index contributed by atoms with van der Waals surface area (Å²) in [5.41, 5.74) is 2.04. The fourth-order valence-electron chi connectivity index (χ4n) is 3.61. The van der Waals surface area contributed by atoms with Crippen molar-refractivity contribution in [3.05, 3.63) is 75.8 Å². The molecule has 1 aliphatic rings. The van der Waals surface area contributed by atoms with E-state index < -0.39 is 4.92 Å². The minimum Gasteiger partial charge on any atom is -0.339 e. The molecule has 0 N–H and O–H groups in total. The van der Waals surface area contributed by atoms with Crippen molar-refractivity contribution < 1.29 is 9.72 Å². The molecular weight excluding hydrogens is 340 g/mol. The van der Waals surface area contributed by atoms with E-state index in [1.807, 2.05) is 42.3 Å². The minimum atomic E-state index is -0.421. The van der Waals surface area contributed by atoms with Crippen LogP contribution in [-0.2, 0) is 4.79 Å². The number of hydrogen-bond acceptors (Lipinski definition) is 3. The molecule has 0 heterocycles. The summed E-state index contributed by atoms with van der Waals surface area (Å²) in [5.74, 6) is -0.0420. The predicted octanol–water partition coefficient (Wildman–Crippen LogP) is 4.93. The van der Waals surface area contributed by atoms with E-state index in [9.17, 15) is 14.9 Å². The van der Waals surface area contributed by atoms with E-state index in [1.165, 1.54) is 18.6 Å². The highest BCUT2D eigenvalue weighted by atomic mass is 16.6. The highest BCUT2D eigenvalue weighted by Crippen LogP contribution is 2.27. The molecule has 0 saturated heterocycles. The van der Waals surface area contributed by atoms with Crippen molar-refractivity contribution in [1.82, 2.24) is 4.90 Å². The molecular formula is C22H24N2O3. The van der Waals surface area contributed by atoms with Gasteiger partial charge in [-0.1, -0.05) is 61.7 Å². The van der Waals surface area contributed by atoms with Gasteiger partial charge in [0.2, 0.25) is 0 Å². The number of nitro groups is 1. The van der Waals surface area contributed by atoms with E-state index in [4.69, 9.17) is 0 Å². The molecule has 1 aliphatic carbocycles. The summed E-state index contributed by atoms with van der Waals surface area (Å²) in [4.78, 5) is 25.8. The number of carbonyl (C=O) groups excluding carboxylic acids is 1. The molecule has 0 aromatic heterocycles. The Morgan fingerprint density at radius 1 is 1.07 bits per heavy atom. The number of rotatable bonds is 5. The van der Waals surface area contributed by atoms with Crippen molar-refractivity contribution in [2.75, 3.05) is 7.05 Å². The van der Waals surface area contributed by atoms with E-state index in [0.29, 0.717) is 11.1 Å². The zero-order valence-electron chi connectivity index (χ0n) is 15.5. The molecule has 0 bridgehead atoms. The normalized spacial score (nSPS) is 15.4. The summed E-state index contributed by atoms with van der Waals surface area (Å²) in [6.45, 7) is 0. The third kappa shape index (κ3) is 4.61. The number of carbonyl (C=O) groups is 1. The predicted molar refractivity (Wildman–Crippen MR) is 107 cm³/mol. The summed E-state index contributed by atoms with van der Waals surface area (Å²) in [5, 5.41) is 11.1. The second-order valence-electron chi connectivity index (χ2n) is 6.98. The second kappa shape index (κ2) is 8.62. The van der Waals surface area contributed by atoms with Crippen LogP contribution in [-0.4, -0.2) is 28.8 Å². The Hall–Kier alpha value is -2.95. The van der Waals surface area contributed by atoms with Gasteiger partial charge in [0, 0.05) is 30.8 Å². The number of nitro benzene ring substituents is 1. The third-order valence-corrected chi connectivity index (χ3v) is 5.15. The van der Waals surface area contributed by atoms with Gasteiger partial charge in [-0.2, -0.15) is 0 Å². The van der Waals surface area contributed by atoms with Crippen molar-refractivity contribution >= 4 is 23.2 Å². The molecule has 27 heavy (non-hydrogen) atoms. The second-order valence-corrected chi connectivity index (χ2v) is 6.98. The molecule has 140 valence electrons. The highest BCUT2D eigenvalue weighted by molar-refractivity contribution is 6.24. The maximum atomic E-state index is 13.3. The Kier molecular flexibility index (Phi) is 6.01. The SMILES string of the molecule is CN(C(=O)/C(=C/c1cccc([N+](=O)[O-])c1)c1ccccc1)C1CCCCC1. The molecule has 2 aromatic rings. The van der Waals surface area contributed by atoms with Crippen LogP contribution in [0.5, 0.6) is 0 Å². The fraction of sp³-hybridized carbons (Fsp3) is 0.318. The smallest absolute Gasteiger partial charge is 0.270 e. The molecule has 5 heteroatoms. The summed E-state index contributed by atoms with van der Waals surface area (Å²) in [6, 6.07) is 16.1. The number of amides is 1. The standard InChI is InChI=1S/C22H24N2O3/c1-23(19-12-6-3-7-13-19)22(25)21(18-10-4-2-5-11-18)16-17-9-8-14-20(15-17)24(26)27/h2,4-5,8-11,14-16,19H,3,6-7,12-13H2,1H3/b21-16+. The zero-order chi connectivity index (χ0) is 19.2. The Balaban J connectivity index is 1.97. The van der Waals surface area contributed by atoms with Crippen LogP contribution in [0.15, 0.2) is 54.6 Å². The van der Waals surface area contributed by atoms with Crippen LogP contribution in [0.25, 0.3) is 11.6 Å². The van der Waals surface area contributed by atoms with Crippen molar-refractivity contribution in [3.8, 4) is 0 Å². The van der Waals surface area contributed by atoms with Crippen molar-refractivity contribution in [2.24, 2.45) is 0 Å². The Morgan fingerprint density at radius 3 is 2.44 bits per heavy atom. The molecule has 1 fully saturated rings. The lowest BCUT2D eigenvalue weighted by Crippen LogP contribution is -2.38. The largest absolute Gasteiger partial charge is 0.339 e. The van der Waals surface area contributed by atoms with Gasteiger partial charge in [0.15, 0.2) is 0 Å². The quantitative estimate of drug-likeness (QED) is 0.327. The lowest BCUT2D eigenvalue weighted by atomic mass is 9.93. The van der Waals surface area contributed by atoms with Gasteiger partial charge in [0.1, 0.15) is 0 Å². The van der Waals surface area contributed by atoms with E-state index in [1.54, 1.807) is 18.2 Å². The maximum absolute atomic E-state index is 13.3. The van der Waals surface area contributed by atoms with Crippen molar-refractivity contribution in [3.63, 3.8) is 0 Å². The number of nitrogens with zero attached hydrogens (tertiary/aromatic N) is 2. The number of hydrogen-bond donors (Lipinski definition) is 0. The number of non-ortho nitro benzene ring substituents is 1. The fourth-order valence-corrected chi connectivity index (χ4v) is 3.61. The molecule has 0 atom stereocenters. The topological polar surface area (TPSA) is 63.5 Å². The van der Waals surface area contributed by atoms with Gasteiger partial charge >= 0.3 is 0 Å². The van der Waals surface area contributed by atoms with Crippen LogP contribution in [0.3, 0.4) is 0 Å². The summed E-state index contributed by atoms with van der Waals surface area (Å²) in [7, 11) is 1.86. The van der Waals surface area contributed by atoms with Gasteiger partial charge in [-0.3, -0.25) is 14.9 Å². The van der Waals surface area contributed by atoms with Crippen molar-refractivity contribution in [2.45, 2.75) is 38.1 Å². The van der Waals surface area contributed by atoms with Gasteiger partial charge in [-0.15, -0.1) is 0 Å². The zero-order valence-corrected chi connectivity index (χ0v) is 15.5. The van der Waals surface area contributed by atoms with E-state index in [2.05, 4.69) is 0 Å². The Morgan fingerprint density at radius 2 is 1.78 bits per heavy atom. The average Bonchev–Trinajstić information content (AvgIpc) is 2.72. The monoisotopic (exact) mass is 364 g/mol. The highest BCUT2D eigenvalue weighted by Gasteiger charge is 2.25. The van der Waals surface area contributed by atoms with Gasteiger partial charge < -0.3 is 4.90 Å². The minimum absolute atomic E-state index is 0.0178. The van der Waals surface area contributed by atoms with E-state index in [-0.39, 0.29) is 17.6 Å². The van der Waals surface area contributed by atoms with Crippen molar-refractivity contribution in [1.29, 1.82) is 0 Å². The molecule has 0 spiro atoms. The first kappa shape index (κ1) is 18.8. The Labute approximate surface area is 159 Å². The first-order valence-electron chi connectivity index (χ1n) is 9.35. The lowest BCUT2D eigenvalue weighted by molar-refractivity contribution is -0.384. The summed E-state index contributed by atoms with van der Waals surface area (Å²) >= 11 is 0. The van der Waals surface area contributed by atoms with Crippen LogP contribution in [0.1, 0.15) is 43.2 Å². The molecule has 1 saturated carbocycles. The van der Waals surface area contributed by atoms with Crippen LogP contribution >= 0.6 is 0 Å². The van der Waals surface area contributed by atoms with Gasteiger partial charge in [-0.25, -0.2) is 0 Å². The number of benzene rings is 2. The maximum Gasteiger partial charge on any atom is 0.270 e. The molecule has 5 nitrogen and oxygen atoms in total. The average molecular weight is 364 g/mol. The van der Waals surface area contributed by atoms with E-state index in [0.717, 1.165) is 31.2 Å². The van der Waals surface area contributed by atoms with E-state index >= 15 is 0 Å². The van der Waals surface area contributed by atoms with Gasteiger partial charge in [-0.05, 0) is 30.0 Å². The van der Waals surface area contributed by atoms with Crippen LogP contribution < -0.4 is 0 Å². The first-order valence-corrected chi connectivity index (χ1v) is 9.35. The summed E-state index contributed by atoms with van der Waals surface area (Å²) in [6.07, 6.45) is 7.34. The molecule has 3 rings (SSSR count). The van der Waals surface area contributed by atoms with Crippen LogP contribution in [0, 0.1) is 10.1 Å².